The SMILES string of the molecule is FC(F)(F)C1CCCCCCC1I. The van der Waals surface area contributed by atoms with E-state index in [0.29, 0.717) is 6.42 Å². The van der Waals surface area contributed by atoms with Crippen molar-refractivity contribution in [1.82, 2.24) is 0 Å². The van der Waals surface area contributed by atoms with Crippen LogP contribution in [0.4, 0.5) is 13.2 Å². The fourth-order valence-corrected chi connectivity index (χ4v) is 3.02. The van der Waals surface area contributed by atoms with E-state index in [9.17, 15) is 13.2 Å². The lowest BCUT2D eigenvalue weighted by Gasteiger charge is -2.27. The van der Waals surface area contributed by atoms with Crippen LogP contribution in [0.1, 0.15) is 38.5 Å². The molecule has 0 aromatic heterocycles. The van der Waals surface area contributed by atoms with Crippen molar-refractivity contribution >= 4 is 22.6 Å². The Morgan fingerprint density at radius 2 is 1.46 bits per heavy atom. The molecule has 0 heterocycles. The number of alkyl halides is 4. The van der Waals surface area contributed by atoms with Crippen LogP contribution in [0.2, 0.25) is 0 Å². The van der Waals surface area contributed by atoms with Crippen molar-refractivity contribution in [2.24, 2.45) is 5.92 Å². The Kier molecular flexibility index (Phi) is 4.32. The van der Waals surface area contributed by atoms with Crippen LogP contribution < -0.4 is 0 Å². The molecular weight excluding hydrogens is 292 g/mol. The van der Waals surface area contributed by atoms with E-state index in [0.717, 1.165) is 32.1 Å². The molecule has 0 N–H and O–H groups in total. The van der Waals surface area contributed by atoms with E-state index in [-0.39, 0.29) is 3.92 Å². The van der Waals surface area contributed by atoms with Crippen LogP contribution in [0, 0.1) is 5.92 Å². The molecular formula is C9H14F3I. The van der Waals surface area contributed by atoms with E-state index >= 15 is 0 Å². The molecule has 1 aliphatic carbocycles. The molecule has 0 radical (unpaired) electrons. The zero-order valence-corrected chi connectivity index (χ0v) is 9.57. The largest absolute Gasteiger partial charge is 0.392 e. The lowest BCUT2D eigenvalue weighted by Crippen LogP contribution is -2.31. The van der Waals surface area contributed by atoms with Crippen molar-refractivity contribution in [3.05, 3.63) is 0 Å². The number of hydrogen-bond acceptors (Lipinski definition) is 0. The van der Waals surface area contributed by atoms with Crippen LogP contribution in [0.5, 0.6) is 0 Å². The second kappa shape index (κ2) is 4.84. The van der Waals surface area contributed by atoms with Crippen LogP contribution in [-0.2, 0) is 0 Å². The normalized spacial score (nSPS) is 32.3. The quantitative estimate of drug-likeness (QED) is 0.462. The summed E-state index contributed by atoms with van der Waals surface area (Å²) < 4.78 is 37.3. The monoisotopic (exact) mass is 306 g/mol. The maximum Gasteiger partial charge on any atom is 0.392 e. The van der Waals surface area contributed by atoms with Gasteiger partial charge in [-0.25, -0.2) is 0 Å². The van der Waals surface area contributed by atoms with E-state index in [1.165, 1.54) is 0 Å². The summed E-state index contributed by atoms with van der Waals surface area (Å²) >= 11 is 1.97. The molecule has 1 aliphatic rings. The summed E-state index contributed by atoms with van der Waals surface area (Å²) in [7, 11) is 0. The Morgan fingerprint density at radius 1 is 0.923 bits per heavy atom. The van der Waals surface area contributed by atoms with E-state index in [1.54, 1.807) is 0 Å². The zero-order valence-electron chi connectivity index (χ0n) is 7.41. The molecule has 2 unspecified atom stereocenters. The average Bonchev–Trinajstić information content (AvgIpc) is 1.94. The summed E-state index contributed by atoms with van der Waals surface area (Å²) in [5.74, 6) is -1.06. The summed E-state index contributed by atoms with van der Waals surface area (Å²) in [5.41, 5.74) is 0. The maximum atomic E-state index is 12.5. The van der Waals surface area contributed by atoms with Gasteiger partial charge >= 0.3 is 6.18 Å². The summed E-state index contributed by atoms with van der Waals surface area (Å²) in [5, 5.41) is 0. The number of rotatable bonds is 0. The minimum atomic E-state index is -3.98. The van der Waals surface area contributed by atoms with Gasteiger partial charge in [-0.3, -0.25) is 0 Å². The Bertz CT molecular complexity index is 155. The molecule has 0 bridgehead atoms. The first-order valence-corrected chi connectivity index (χ1v) is 5.97. The highest BCUT2D eigenvalue weighted by Gasteiger charge is 2.43. The molecule has 1 rings (SSSR count). The van der Waals surface area contributed by atoms with Gasteiger partial charge in [0.1, 0.15) is 0 Å². The summed E-state index contributed by atoms with van der Waals surface area (Å²) in [6.07, 6.45) is 0.842. The molecule has 2 atom stereocenters. The molecule has 13 heavy (non-hydrogen) atoms. The molecule has 0 amide bonds. The zero-order chi connectivity index (χ0) is 9.90. The van der Waals surface area contributed by atoms with Crippen molar-refractivity contribution in [3.8, 4) is 0 Å². The van der Waals surface area contributed by atoms with Crippen molar-refractivity contribution in [1.29, 1.82) is 0 Å². The lowest BCUT2D eigenvalue weighted by molar-refractivity contribution is -0.176. The molecule has 0 aromatic rings. The van der Waals surface area contributed by atoms with Crippen LogP contribution >= 0.6 is 22.6 Å². The maximum absolute atomic E-state index is 12.5. The molecule has 0 spiro atoms. The van der Waals surface area contributed by atoms with Crippen LogP contribution in [0.15, 0.2) is 0 Å². The number of halogens is 4. The van der Waals surface area contributed by atoms with Crippen molar-refractivity contribution in [2.75, 3.05) is 0 Å². The molecule has 0 aliphatic heterocycles. The first-order chi connectivity index (χ1) is 6.02. The Balaban J connectivity index is 2.56. The van der Waals surface area contributed by atoms with Gasteiger partial charge in [-0.15, -0.1) is 0 Å². The first-order valence-electron chi connectivity index (χ1n) is 4.72. The third-order valence-electron chi connectivity index (χ3n) is 2.60. The molecule has 1 fully saturated rings. The Labute approximate surface area is 90.4 Å². The smallest absolute Gasteiger partial charge is 0.171 e. The van der Waals surface area contributed by atoms with Gasteiger partial charge in [0.2, 0.25) is 0 Å². The predicted octanol–water partition coefficient (Wildman–Crippen LogP) is 4.32. The van der Waals surface area contributed by atoms with Crippen LogP contribution in [0.3, 0.4) is 0 Å². The minimum Gasteiger partial charge on any atom is -0.171 e. The topological polar surface area (TPSA) is 0 Å². The second-order valence-corrected chi connectivity index (χ2v) is 5.26. The van der Waals surface area contributed by atoms with Gasteiger partial charge < -0.3 is 0 Å². The molecule has 0 saturated heterocycles. The lowest BCUT2D eigenvalue weighted by atomic mass is 9.91. The Morgan fingerprint density at radius 3 is 2.00 bits per heavy atom. The molecule has 0 nitrogen and oxygen atoms in total. The van der Waals surface area contributed by atoms with E-state index < -0.39 is 12.1 Å². The van der Waals surface area contributed by atoms with Crippen LogP contribution in [0.25, 0.3) is 0 Å². The van der Waals surface area contributed by atoms with Crippen molar-refractivity contribution < 1.29 is 13.2 Å². The second-order valence-electron chi connectivity index (χ2n) is 3.66. The van der Waals surface area contributed by atoms with Gasteiger partial charge in [-0.2, -0.15) is 13.2 Å². The van der Waals surface area contributed by atoms with E-state index in [1.807, 2.05) is 22.6 Å². The highest BCUT2D eigenvalue weighted by molar-refractivity contribution is 14.1. The summed E-state index contributed by atoms with van der Waals surface area (Å²) in [6, 6.07) is 0. The molecule has 0 aromatic carbocycles. The fourth-order valence-electron chi connectivity index (χ4n) is 1.81. The van der Waals surface area contributed by atoms with Crippen molar-refractivity contribution in [2.45, 2.75) is 48.6 Å². The molecule has 78 valence electrons. The average molecular weight is 306 g/mol. The molecule has 4 heteroatoms. The Hall–Kier alpha value is 0.520. The van der Waals surface area contributed by atoms with Crippen molar-refractivity contribution in [3.63, 3.8) is 0 Å². The minimum absolute atomic E-state index is 0.210. The summed E-state index contributed by atoms with van der Waals surface area (Å²) in [4.78, 5) is 0. The van der Waals surface area contributed by atoms with Gasteiger partial charge in [0, 0.05) is 3.92 Å². The fraction of sp³-hybridized carbons (Fsp3) is 1.00. The van der Waals surface area contributed by atoms with E-state index in [2.05, 4.69) is 0 Å². The van der Waals surface area contributed by atoms with Crippen LogP contribution in [-0.4, -0.2) is 10.1 Å². The number of hydrogen-bond donors (Lipinski definition) is 0. The first kappa shape index (κ1) is 11.6. The summed E-state index contributed by atoms with van der Waals surface area (Å²) in [6.45, 7) is 0. The van der Waals surface area contributed by atoms with Gasteiger partial charge in [0.05, 0.1) is 5.92 Å². The standard InChI is InChI=1S/C9H14F3I/c10-9(11,12)7-5-3-1-2-4-6-8(7)13/h7-8H,1-6H2. The highest BCUT2D eigenvalue weighted by atomic mass is 127. The third-order valence-corrected chi connectivity index (χ3v) is 4.09. The highest BCUT2D eigenvalue weighted by Crippen LogP contribution is 2.39. The van der Waals surface area contributed by atoms with Gasteiger partial charge in [0.15, 0.2) is 0 Å². The predicted molar refractivity (Wildman–Crippen MR) is 55.1 cm³/mol. The van der Waals surface area contributed by atoms with Gasteiger partial charge in [0.25, 0.3) is 0 Å². The molecule has 1 saturated carbocycles. The van der Waals surface area contributed by atoms with E-state index in [4.69, 9.17) is 0 Å². The van der Waals surface area contributed by atoms with Gasteiger partial charge in [-0.1, -0.05) is 48.3 Å². The van der Waals surface area contributed by atoms with Gasteiger partial charge in [-0.05, 0) is 12.8 Å². The third kappa shape index (κ3) is 3.64.